The number of piperazine rings is 1. The van der Waals surface area contributed by atoms with Crippen LogP contribution in [0, 0.1) is 13.8 Å². The minimum Gasteiger partial charge on any atom is -0.497 e. The van der Waals surface area contributed by atoms with Gasteiger partial charge in [-0.05, 0) is 61.4 Å². The lowest BCUT2D eigenvalue weighted by atomic mass is 10.0. The van der Waals surface area contributed by atoms with E-state index in [9.17, 15) is 9.59 Å². The van der Waals surface area contributed by atoms with E-state index in [1.54, 1.807) is 31.4 Å². The summed E-state index contributed by atoms with van der Waals surface area (Å²) in [6, 6.07) is 11.0. The van der Waals surface area contributed by atoms with Crippen LogP contribution in [-0.2, 0) is 4.79 Å². The molecule has 0 radical (unpaired) electrons. The molecule has 0 atom stereocenters. The second kappa shape index (κ2) is 8.78. The van der Waals surface area contributed by atoms with Gasteiger partial charge in [0.2, 0.25) is 0 Å². The molecule has 0 aromatic heterocycles. The zero-order valence-electron chi connectivity index (χ0n) is 16.6. The third kappa shape index (κ3) is 4.44. The van der Waals surface area contributed by atoms with E-state index in [4.69, 9.17) is 9.47 Å². The number of nitrogens with zero attached hydrogens (tertiary/aromatic N) is 2. The molecule has 1 aliphatic heterocycles. The standard InChI is InChI=1S/C22H26N2O4/c1-16-12-18(14-25)13-17(2)22(16)24-10-8-23(9-11-24)21(26)15-28-20-6-4-19(27-3)5-7-20/h4-7,12-14H,8-11,15H2,1-3H3. The monoisotopic (exact) mass is 382 g/mol. The van der Waals surface area contributed by atoms with Gasteiger partial charge < -0.3 is 19.3 Å². The van der Waals surface area contributed by atoms with Gasteiger partial charge >= 0.3 is 0 Å². The van der Waals surface area contributed by atoms with E-state index in [2.05, 4.69) is 4.90 Å². The molecule has 2 aromatic carbocycles. The highest BCUT2D eigenvalue weighted by molar-refractivity contribution is 5.79. The molecule has 1 amide bonds. The molecule has 6 heteroatoms. The van der Waals surface area contributed by atoms with Gasteiger partial charge in [-0.1, -0.05) is 0 Å². The summed E-state index contributed by atoms with van der Waals surface area (Å²) in [5.74, 6) is 1.39. The first-order valence-electron chi connectivity index (χ1n) is 9.38. The Bertz CT molecular complexity index is 817. The largest absolute Gasteiger partial charge is 0.497 e. The molecule has 0 unspecified atom stereocenters. The quantitative estimate of drug-likeness (QED) is 0.719. The molecule has 148 valence electrons. The Morgan fingerprint density at radius 1 is 1.00 bits per heavy atom. The minimum atomic E-state index is -0.0137. The molecular formula is C22H26N2O4. The van der Waals surface area contributed by atoms with Crippen molar-refractivity contribution in [2.24, 2.45) is 0 Å². The van der Waals surface area contributed by atoms with Crippen molar-refractivity contribution in [2.45, 2.75) is 13.8 Å². The van der Waals surface area contributed by atoms with Crippen molar-refractivity contribution in [2.75, 3.05) is 44.8 Å². The Morgan fingerprint density at radius 2 is 1.57 bits per heavy atom. The Balaban J connectivity index is 1.54. The first kappa shape index (κ1) is 19.7. The third-order valence-corrected chi connectivity index (χ3v) is 5.02. The lowest BCUT2D eigenvalue weighted by molar-refractivity contribution is -0.133. The van der Waals surface area contributed by atoms with Gasteiger partial charge in [-0.25, -0.2) is 0 Å². The maximum atomic E-state index is 12.5. The highest BCUT2D eigenvalue weighted by Gasteiger charge is 2.23. The van der Waals surface area contributed by atoms with Crippen molar-refractivity contribution in [1.82, 2.24) is 4.90 Å². The predicted octanol–water partition coefficient (Wildman–Crippen LogP) is 2.85. The molecule has 1 aliphatic rings. The molecule has 1 heterocycles. The molecule has 0 bridgehead atoms. The van der Waals surface area contributed by atoms with Crippen LogP contribution in [0.3, 0.4) is 0 Å². The molecular weight excluding hydrogens is 356 g/mol. The zero-order chi connectivity index (χ0) is 20.1. The second-order valence-corrected chi connectivity index (χ2v) is 6.95. The van der Waals surface area contributed by atoms with Crippen molar-refractivity contribution < 1.29 is 19.1 Å². The van der Waals surface area contributed by atoms with E-state index in [0.29, 0.717) is 24.4 Å². The Kier molecular flexibility index (Phi) is 6.19. The van der Waals surface area contributed by atoms with Crippen molar-refractivity contribution >= 4 is 17.9 Å². The molecule has 1 saturated heterocycles. The third-order valence-electron chi connectivity index (χ3n) is 5.02. The van der Waals surface area contributed by atoms with Gasteiger partial charge in [-0.15, -0.1) is 0 Å². The van der Waals surface area contributed by atoms with Gasteiger partial charge in [-0.3, -0.25) is 9.59 Å². The summed E-state index contributed by atoms with van der Waals surface area (Å²) < 4.78 is 10.7. The summed E-state index contributed by atoms with van der Waals surface area (Å²) in [6.07, 6.45) is 0.878. The molecule has 0 aliphatic carbocycles. The summed E-state index contributed by atoms with van der Waals surface area (Å²) in [6.45, 7) is 6.90. The number of amides is 1. The predicted molar refractivity (Wildman–Crippen MR) is 109 cm³/mol. The minimum absolute atomic E-state index is 0.0137. The number of benzene rings is 2. The van der Waals surface area contributed by atoms with Crippen molar-refractivity contribution in [1.29, 1.82) is 0 Å². The number of aldehydes is 1. The number of methoxy groups -OCH3 is 1. The van der Waals surface area contributed by atoms with Crippen molar-refractivity contribution in [3.63, 3.8) is 0 Å². The van der Waals surface area contributed by atoms with E-state index in [1.807, 2.05) is 30.9 Å². The number of rotatable bonds is 6. The fraction of sp³-hybridized carbons (Fsp3) is 0.364. The lowest BCUT2D eigenvalue weighted by Crippen LogP contribution is -2.50. The van der Waals surface area contributed by atoms with E-state index in [0.717, 1.165) is 41.9 Å². The maximum absolute atomic E-state index is 12.5. The number of carbonyl (C=O) groups excluding carboxylic acids is 2. The van der Waals surface area contributed by atoms with E-state index in [-0.39, 0.29) is 12.5 Å². The van der Waals surface area contributed by atoms with Gasteiger partial charge in [0.05, 0.1) is 7.11 Å². The molecule has 2 aromatic rings. The number of hydrogen-bond donors (Lipinski definition) is 0. The zero-order valence-corrected chi connectivity index (χ0v) is 16.6. The van der Waals surface area contributed by atoms with E-state index in [1.165, 1.54) is 0 Å². The van der Waals surface area contributed by atoms with Crippen LogP contribution in [0.4, 0.5) is 5.69 Å². The SMILES string of the molecule is COc1ccc(OCC(=O)N2CCN(c3c(C)cc(C=O)cc3C)CC2)cc1. The highest BCUT2D eigenvalue weighted by Crippen LogP contribution is 2.27. The number of ether oxygens (including phenoxy) is 2. The van der Waals surface area contributed by atoms with Crippen LogP contribution in [0.2, 0.25) is 0 Å². The molecule has 0 spiro atoms. The Hall–Kier alpha value is -3.02. The Labute approximate surface area is 165 Å². The summed E-state index contributed by atoms with van der Waals surface area (Å²) in [5.41, 5.74) is 4.03. The van der Waals surface area contributed by atoms with Crippen LogP contribution >= 0.6 is 0 Å². The van der Waals surface area contributed by atoms with Gasteiger partial charge in [0, 0.05) is 37.4 Å². The topological polar surface area (TPSA) is 59.1 Å². The maximum Gasteiger partial charge on any atom is 0.260 e. The summed E-state index contributed by atoms with van der Waals surface area (Å²) in [5, 5.41) is 0. The van der Waals surface area contributed by atoms with Gasteiger partial charge in [0.1, 0.15) is 17.8 Å². The van der Waals surface area contributed by atoms with Crippen molar-refractivity contribution in [3.05, 3.63) is 53.1 Å². The number of hydrogen-bond acceptors (Lipinski definition) is 5. The number of anilines is 1. The normalized spacial score (nSPS) is 14.0. The van der Waals surface area contributed by atoms with Crippen LogP contribution in [0.5, 0.6) is 11.5 Å². The van der Waals surface area contributed by atoms with Crippen LogP contribution in [0.15, 0.2) is 36.4 Å². The average molecular weight is 382 g/mol. The molecule has 6 nitrogen and oxygen atoms in total. The fourth-order valence-electron chi connectivity index (χ4n) is 3.64. The number of aryl methyl sites for hydroxylation is 2. The molecule has 1 fully saturated rings. The van der Waals surface area contributed by atoms with Gasteiger partial charge in [-0.2, -0.15) is 0 Å². The molecule has 3 rings (SSSR count). The Morgan fingerprint density at radius 3 is 2.11 bits per heavy atom. The fourth-order valence-corrected chi connectivity index (χ4v) is 3.64. The highest BCUT2D eigenvalue weighted by atomic mass is 16.5. The number of carbonyl (C=O) groups is 2. The molecule has 0 saturated carbocycles. The van der Waals surface area contributed by atoms with Crippen molar-refractivity contribution in [3.8, 4) is 11.5 Å². The molecule has 0 N–H and O–H groups in total. The van der Waals surface area contributed by atoms with Gasteiger partial charge in [0.25, 0.3) is 5.91 Å². The summed E-state index contributed by atoms with van der Waals surface area (Å²) >= 11 is 0. The second-order valence-electron chi connectivity index (χ2n) is 6.95. The first-order valence-corrected chi connectivity index (χ1v) is 9.38. The first-order chi connectivity index (χ1) is 13.5. The average Bonchev–Trinajstić information content (AvgIpc) is 2.72. The van der Waals surface area contributed by atoms with Crippen LogP contribution in [-0.4, -0.2) is 57.0 Å². The van der Waals surface area contributed by atoms with E-state index < -0.39 is 0 Å². The summed E-state index contributed by atoms with van der Waals surface area (Å²) in [4.78, 5) is 27.6. The van der Waals surface area contributed by atoms with E-state index >= 15 is 0 Å². The summed E-state index contributed by atoms with van der Waals surface area (Å²) in [7, 11) is 1.61. The van der Waals surface area contributed by atoms with Crippen LogP contribution in [0.25, 0.3) is 0 Å². The van der Waals surface area contributed by atoms with Gasteiger partial charge in [0.15, 0.2) is 6.61 Å². The smallest absolute Gasteiger partial charge is 0.260 e. The molecule has 28 heavy (non-hydrogen) atoms. The van der Waals surface area contributed by atoms with Crippen LogP contribution < -0.4 is 14.4 Å². The lowest BCUT2D eigenvalue weighted by Gasteiger charge is -2.37. The van der Waals surface area contributed by atoms with Crippen LogP contribution in [0.1, 0.15) is 21.5 Å².